The Morgan fingerprint density at radius 2 is 1.87 bits per heavy atom. The summed E-state index contributed by atoms with van der Waals surface area (Å²) in [4.78, 5) is 44.3. The summed E-state index contributed by atoms with van der Waals surface area (Å²) in [5, 5.41) is 7.03. The molecule has 188 valence electrons. The van der Waals surface area contributed by atoms with Crippen molar-refractivity contribution in [2.45, 2.75) is 6.54 Å². The first-order valence-electron chi connectivity index (χ1n) is 11.3. The Labute approximate surface area is 222 Å². The third kappa shape index (κ3) is 4.56. The number of carbonyl (C=O) groups excluding carboxylic acids is 1. The Balaban J connectivity index is 1.28. The van der Waals surface area contributed by atoms with E-state index in [2.05, 4.69) is 20.4 Å². The van der Waals surface area contributed by atoms with Gasteiger partial charge < -0.3 is 14.4 Å². The first-order chi connectivity index (χ1) is 18.4. The SMILES string of the molecule is O=C(Nc1ccc(-n2ccc(=O)[nH]c2=O)cc1)c1nc2ccccc2n1Cc1cc(-c2ccc(Cl)s2)on1. The number of hydrogen-bond donors (Lipinski definition) is 2. The van der Waals surface area contributed by atoms with Gasteiger partial charge in [-0.15, -0.1) is 11.3 Å². The fourth-order valence-electron chi connectivity index (χ4n) is 4.03. The number of hydrogen-bond acceptors (Lipinski definition) is 7. The lowest BCUT2D eigenvalue weighted by molar-refractivity contribution is 0.101. The molecule has 6 aromatic rings. The molecular weight excluding hydrogens is 528 g/mol. The van der Waals surface area contributed by atoms with E-state index in [1.807, 2.05) is 36.4 Å². The molecule has 0 aliphatic carbocycles. The fourth-order valence-corrected chi connectivity index (χ4v) is 5.02. The number of aromatic nitrogens is 5. The molecule has 4 aromatic heterocycles. The highest BCUT2D eigenvalue weighted by Gasteiger charge is 2.20. The Morgan fingerprint density at radius 3 is 2.63 bits per heavy atom. The van der Waals surface area contributed by atoms with Crippen molar-refractivity contribution < 1.29 is 9.32 Å². The summed E-state index contributed by atoms with van der Waals surface area (Å²) in [6, 6.07) is 20.8. The lowest BCUT2D eigenvalue weighted by atomic mass is 10.2. The zero-order valence-corrected chi connectivity index (χ0v) is 21.0. The number of fused-ring (bicyclic) bond motifs is 1. The van der Waals surface area contributed by atoms with Gasteiger partial charge in [0.25, 0.3) is 11.5 Å². The lowest BCUT2D eigenvalue weighted by Gasteiger charge is -2.09. The molecule has 0 atom stereocenters. The van der Waals surface area contributed by atoms with Crippen molar-refractivity contribution in [3.05, 3.63) is 116 Å². The maximum Gasteiger partial charge on any atom is 0.332 e. The molecule has 2 N–H and O–H groups in total. The Kier molecular flexibility index (Phi) is 5.98. The van der Waals surface area contributed by atoms with Crippen LogP contribution in [0.3, 0.4) is 0 Å². The number of H-pyrrole nitrogens is 1. The predicted molar refractivity (Wildman–Crippen MR) is 144 cm³/mol. The van der Waals surface area contributed by atoms with E-state index in [1.165, 1.54) is 28.2 Å². The van der Waals surface area contributed by atoms with Crippen molar-refractivity contribution >= 4 is 45.6 Å². The van der Waals surface area contributed by atoms with Crippen LogP contribution in [-0.2, 0) is 6.54 Å². The maximum atomic E-state index is 13.3. The van der Waals surface area contributed by atoms with E-state index in [9.17, 15) is 14.4 Å². The number of para-hydroxylation sites is 2. The largest absolute Gasteiger partial charge is 0.355 e. The van der Waals surface area contributed by atoms with Crippen molar-refractivity contribution in [2.75, 3.05) is 5.32 Å². The van der Waals surface area contributed by atoms with E-state index in [0.29, 0.717) is 32.7 Å². The summed E-state index contributed by atoms with van der Waals surface area (Å²) < 4.78 is 9.23. The Morgan fingerprint density at radius 1 is 1.05 bits per heavy atom. The molecule has 0 saturated heterocycles. The average molecular weight is 545 g/mol. The smallest absolute Gasteiger partial charge is 0.332 e. The molecule has 0 aliphatic heterocycles. The first-order valence-corrected chi connectivity index (χ1v) is 12.5. The average Bonchev–Trinajstić information content (AvgIpc) is 3.64. The molecule has 0 bridgehead atoms. The van der Waals surface area contributed by atoms with Crippen molar-refractivity contribution in [1.29, 1.82) is 0 Å². The summed E-state index contributed by atoms with van der Waals surface area (Å²) in [5.74, 6) is 0.383. The number of benzene rings is 2. The summed E-state index contributed by atoms with van der Waals surface area (Å²) in [7, 11) is 0. The van der Waals surface area contributed by atoms with Crippen LogP contribution in [0.2, 0.25) is 4.34 Å². The number of aromatic amines is 1. The molecule has 0 saturated carbocycles. The van der Waals surface area contributed by atoms with E-state index in [4.69, 9.17) is 16.1 Å². The van der Waals surface area contributed by atoms with Gasteiger partial charge in [-0.3, -0.25) is 19.1 Å². The van der Waals surface area contributed by atoms with E-state index in [1.54, 1.807) is 34.9 Å². The Hall–Kier alpha value is -4.74. The molecule has 10 nitrogen and oxygen atoms in total. The summed E-state index contributed by atoms with van der Waals surface area (Å²) in [6.07, 6.45) is 1.39. The van der Waals surface area contributed by atoms with Gasteiger partial charge in [0.1, 0.15) is 5.69 Å². The molecule has 6 rings (SSSR count). The van der Waals surface area contributed by atoms with Gasteiger partial charge in [-0.1, -0.05) is 28.9 Å². The summed E-state index contributed by atoms with van der Waals surface area (Å²) in [6.45, 7) is 0.264. The molecule has 2 aromatic carbocycles. The monoisotopic (exact) mass is 544 g/mol. The van der Waals surface area contributed by atoms with Crippen molar-refractivity contribution in [3.63, 3.8) is 0 Å². The van der Waals surface area contributed by atoms with E-state index in [-0.39, 0.29) is 12.4 Å². The standard InChI is InChI=1S/C26H17ClN6O4S/c27-22-10-9-21(38-22)20-13-16(31-37-20)14-33-19-4-2-1-3-18(19)29-24(33)25(35)28-15-5-7-17(8-6-15)32-12-11-23(34)30-26(32)36/h1-13H,14H2,(H,28,35)(H,30,34,36). The highest BCUT2D eigenvalue weighted by atomic mass is 35.5. The molecule has 0 fully saturated rings. The third-order valence-corrected chi connectivity index (χ3v) is 7.03. The van der Waals surface area contributed by atoms with Crippen LogP contribution in [-0.4, -0.2) is 30.2 Å². The van der Waals surface area contributed by atoms with Crippen LogP contribution < -0.4 is 16.6 Å². The summed E-state index contributed by atoms with van der Waals surface area (Å²) in [5.41, 5.74) is 2.07. The molecule has 1 amide bonds. The molecule has 38 heavy (non-hydrogen) atoms. The van der Waals surface area contributed by atoms with Gasteiger partial charge in [-0.2, -0.15) is 0 Å². The minimum absolute atomic E-state index is 0.204. The molecular formula is C26H17ClN6O4S. The minimum atomic E-state index is -0.554. The van der Waals surface area contributed by atoms with Crippen LogP contribution in [0.4, 0.5) is 5.69 Å². The number of halogens is 1. The van der Waals surface area contributed by atoms with Crippen LogP contribution >= 0.6 is 22.9 Å². The Bertz CT molecular complexity index is 1910. The minimum Gasteiger partial charge on any atom is -0.355 e. The normalized spacial score (nSPS) is 11.2. The number of amides is 1. The summed E-state index contributed by atoms with van der Waals surface area (Å²) >= 11 is 7.43. The van der Waals surface area contributed by atoms with Gasteiger partial charge in [0.2, 0.25) is 5.82 Å². The zero-order valence-electron chi connectivity index (χ0n) is 19.4. The highest BCUT2D eigenvalue weighted by Crippen LogP contribution is 2.31. The van der Waals surface area contributed by atoms with E-state index in [0.717, 1.165) is 10.4 Å². The number of anilines is 1. The molecule has 12 heteroatoms. The van der Waals surface area contributed by atoms with Crippen molar-refractivity contribution in [2.24, 2.45) is 0 Å². The molecule has 0 unspecified atom stereocenters. The van der Waals surface area contributed by atoms with Crippen molar-refractivity contribution in [1.82, 2.24) is 24.3 Å². The lowest BCUT2D eigenvalue weighted by Crippen LogP contribution is -2.27. The quantitative estimate of drug-likeness (QED) is 0.317. The van der Waals surface area contributed by atoms with Crippen molar-refractivity contribution in [3.8, 4) is 16.3 Å². The number of nitrogens with zero attached hydrogens (tertiary/aromatic N) is 4. The van der Waals surface area contributed by atoms with Gasteiger partial charge in [-0.25, -0.2) is 9.78 Å². The highest BCUT2D eigenvalue weighted by molar-refractivity contribution is 7.19. The number of imidazole rings is 1. The molecule has 0 radical (unpaired) electrons. The number of carbonyl (C=O) groups is 1. The van der Waals surface area contributed by atoms with Gasteiger partial charge >= 0.3 is 5.69 Å². The number of thiophene rings is 1. The van der Waals surface area contributed by atoms with E-state index >= 15 is 0 Å². The van der Waals surface area contributed by atoms with Crippen LogP contribution in [0.1, 0.15) is 16.3 Å². The van der Waals surface area contributed by atoms with E-state index < -0.39 is 17.2 Å². The molecule has 0 aliphatic rings. The van der Waals surface area contributed by atoms with Crippen LogP contribution in [0.25, 0.3) is 27.4 Å². The predicted octanol–water partition coefficient (Wildman–Crippen LogP) is 4.55. The second-order valence-corrected chi connectivity index (χ2v) is 9.99. The zero-order chi connectivity index (χ0) is 26.2. The third-order valence-electron chi connectivity index (χ3n) is 5.78. The first kappa shape index (κ1) is 23.6. The van der Waals surface area contributed by atoms with Crippen LogP contribution in [0.15, 0.2) is 93.1 Å². The van der Waals surface area contributed by atoms with Crippen LogP contribution in [0.5, 0.6) is 0 Å². The second kappa shape index (κ2) is 9.61. The number of rotatable bonds is 6. The molecule has 4 heterocycles. The molecule has 0 spiro atoms. The van der Waals surface area contributed by atoms with Crippen LogP contribution in [0, 0.1) is 0 Å². The maximum absolute atomic E-state index is 13.3. The van der Waals surface area contributed by atoms with Gasteiger partial charge in [-0.05, 0) is 48.5 Å². The van der Waals surface area contributed by atoms with Gasteiger partial charge in [0.05, 0.1) is 32.5 Å². The fraction of sp³-hybridized carbons (Fsp3) is 0.0385. The number of nitrogens with one attached hydrogen (secondary N) is 2. The second-order valence-electron chi connectivity index (χ2n) is 8.28. The topological polar surface area (TPSA) is 128 Å². The van der Waals surface area contributed by atoms with Gasteiger partial charge in [0, 0.05) is 24.0 Å². The van der Waals surface area contributed by atoms with Gasteiger partial charge in [0.15, 0.2) is 5.76 Å².